The van der Waals surface area contributed by atoms with Crippen molar-refractivity contribution in [3.8, 4) is 5.75 Å². The summed E-state index contributed by atoms with van der Waals surface area (Å²) in [6, 6.07) is 11.2. The number of fused-ring (bicyclic) bond motifs is 1. The number of hydrogen-bond acceptors (Lipinski definition) is 7. The molecule has 0 aliphatic rings. The Morgan fingerprint density at radius 1 is 1.00 bits per heavy atom. The molecule has 1 aromatic heterocycles. The van der Waals surface area contributed by atoms with E-state index in [-0.39, 0.29) is 23.6 Å². The zero-order valence-corrected chi connectivity index (χ0v) is 23.9. The third kappa shape index (κ3) is 7.09. The smallest absolute Gasteiger partial charge is 0.326 e. The number of aromatic nitrogens is 1. The van der Waals surface area contributed by atoms with Gasteiger partial charge in [0.1, 0.15) is 12.3 Å². The van der Waals surface area contributed by atoms with Gasteiger partial charge >= 0.3 is 5.97 Å². The Morgan fingerprint density at radius 3 is 2.24 bits per heavy atom. The van der Waals surface area contributed by atoms with Crippen molar-refractivity contribution in [1.82, 2.24) is 8.87 Å². The van der Waals surface area contributed by atoms with Gasteiger partial charge in [0.05, 0.1) is 28.8 Å². The minimum Gasteiger partial charge on any atom is -0.497 e. The lowest BCUT2D eigenvalue weighted by Crippen LogP contribution is -2.33. The first-order valence-corrected chi connectivity index (χ1v) is 15.0. The topological polar surface area (TPSA) is 107 Å². The van der Waals surface area contributed by atoms with Gasteiger partial charge < -0.3 is 14.0 Å². The monoisotopic (exact) mass is 561 g/mol. The summed E-state index contributed by atoms with van der Waals surface area (Å²) in [6.07, 6.45) is 3.36. The maximum absolute atomic E-state index is 13.2. The van der Waals surface area contributed by atoms with E-state index in [0.29, 0.717) is 23.6 Å². The normalized spacial score (nSPS) is 12.3. The van der Waals surface area contributed by atoms with E-state index in [1.54, 1.807) is 30.7 Å². The molecule has 1 heterocycles. The van der Waals surface area contributed by atoms with Crippen LogP contribution in [-0.4, -0.2) is 56.0 Å². The number of esters is 1. The van der Waals surface area contributed by atoms with Gasteiger partial charge in [0.15, 0.2) is 4.80 Å². The van der Waals surface area contributed by atoms with Gasteiger partial charge in [-0.15, -0.1) is 0 Å². The van der Waals surface area contributed by atoms with E-state index >= 15 is 0 Å². The van der Waals surface area contributed by atoms with Crippen LogP contribution in [0.2, 0.25) is 0 Å². The Bertz CT molecular complexity index is 1420. The molecule has 0 spiro atoms. The molecule has 38 heavy (non-hydrogen) atoms. The Labute approximate surface area is 227 Å². The van der Waals surface area contributed by atoms with E-state index in [1.165, 1.54) is 39.9 Å². The largest absolute Gasteiger partial charge is 0.497 e. The van der Waals surface area contributed by atoms with Crippen molar-refractivity contribution in [1.29, 1.82) is 0 Å². The summed E-state index contributed by atoms with van der Waals surface area (Å²) >= 11 is 1.25. The molecule has 0 unspecified atom stereocenters. The predicted octanol–water partition coefficient (Wildman–Crippen LogP) is 4.61. The molecular formula is C27H35N3O6S2. The van der Waals surface area contributed by atoms with Crippen molar-refractivity contribution < 1.29 is 27.5 Å². The number of ether oxygens (including phenoxy) is 2. The minimum atomic E-state index is -3.67. The van der Waals surface area contributed by atoms with Crippen molar-refractivity contribution in [3.05, 3.63) is 52.8 Å². The molecule has 0 radical (unpaired) electrons. The lowest BCUT2D eigenvalue weighted by Gasteiger charge is -2.22. The second kappa shape index (κ2) is 13.7. The van der Waals surface area contributed by atoms with Crippen molar-refractivity contribution in [2.45, 2.75) is 57.9 Å². The quantitative estimate of drug-likeness (QED) is 0.282. The van der Waals surface area contributed by atoms with E-state index < -0.39 is 21.9 Å². The highest BCUT2D eigenvalue weighted by Gasteiger charge is 2.24. The maximum Gasteiger partial charge on any atom is 0.326 e. The molecular weight excluding hydrogens is 526 g/mol. The van der Waals surface area contributed by atoms with E-state index in [0.717, 1.165) is 35.9 Å². The molecule has 3 rings (SSSR count). The fourth-order valence-electron chi connectivity index (χ4n) is 3.85. The van der Waals surface area contributed by atoms with Crippen LogP contribution < -0.4 is 9.54 Å². The second-order valence-electron chi connectivity index (χ2n) is 8.66. The van der Waals surface area contributed by atoms with Gasteiger partial charge in [-0.3, -0.25) is 9.59 Å². The number of unbranched alkanes of at least 4 members (excludes halogenated alkanes) is 2. The van der Waals surface area contributed by atoms with Crippen molar-refractivity contribution in [2.24, 2.45) is 4.99 Å². The molecule has 2 aromatic carbocycles. The van der Waals surface area contributed by atoms with Crippen molar-refractivity contribution in [2.75, 3.05) is 26.8 Å². The molecule has 0 saturated heterocycles. The van der Waals surface area contributed by atoms with Gasteiger partial charge in [-0.2, -0.15) is 9.30 Å². The molecule has 0 fully saturated rings. The van der Waals surface area contributed by atoms with Gasteiger partial charge in [0, 0.05) is 18.7 Å². The Morgan fingerprint density at radius 2 is 1.66 bits per heavy atom. The number of amides is 1. The van der Waals surface area contributed by atoms with Gasteiger partial charge in [-0.05, 0) is 62.2 Å². The van der Waals surface area contributed by atoms with Gasteiger partial charge in [0.25, 0.3) is 5.91 Å². The zero-order chi connectivity index (χ0) is 27.7. The molecule has 0 aliphatic heterocycles. The van der Waals surface area contributed by atoms with Crippen LogP contribution in [0.5, 0.6) is 5.75 Å². The van der Waals surface area contributed by atoms with Crippen LogP contribution >= 0.6 is 11.3 Å². The van der Waals surface area contributed by atoms with E-state index in [1.807, 2.05) is 19.9 Å². The number of methoxy groups -OCH3 is 1. The first-order chi connectivity index (χ1) is 18.2. The van der Waals surface area contributed by atoms with Crippen LogP contribution in [0.3, 0.4) is 0 Å². The third-order valence-electron chi connectivity index (χ3n) is 5.94. The number of carbonyl (C=O) groups is 2. The van der Waals surface area contributed by atoms with Crippen LogP contribution in [-0.2, 0) is 26.1 Å². The molecule has 0 bridgehead atoms. The first kappa shape index (κ1) is 29.5. The van der Waals surface area contributed by atoms with Crippen LogP contribution in [0.4, 0.5) is 0 Å². The summed E-state index contributed by atoms with van der Waals surface area (Å²) in [4.78, 5) is 30.1. The van der Waals surface area contributed by atoms with Gasteiger partial charge in [-0.1, -0.05) is 38.0 Å². The van der Waals surface area contributed by atoms with Crippen molar-refractivity contribution in [3.63, 3.8) is 0 Å². The standard InChI is InChI=1S/C27H35N3O6S2/c1-5-8-16-29(17-9-6-2)38(33,34)22-13-10-20(11-14-22)26(32)28-27-30(19-25(31)36-7-3)23-15-12-21(35-4)18-24(23)37-27/h10-15,18H,5-9,16-17,19H2,1-4H3. The van der Waals surface area contributed by atoms with E-state index in [2.05, 4.69) is 4.99 Å². The molecule has 0 aliphatic carbocycles. The fourth-order valence-corrected chi connectivity index (χ4v) is 6.42. The fraction of sp³-hybridized carbons (Fsp3) is 0.444. The molecule has 0 saturated carbocycles. The number of benzene rings is 2. The van der Waals surface area contributed by atoms with Crippen LogP contribution in [0.1, 0.15) is 56.8 Å². The minimum absolute atomic E-state index is 0.102. The summed E-state index contributed by atoms with van der Waals surface area (Å²) < 4.78 is 40.8. The lowest BCUT2D eigenvalue weighted by atomic mass is 10.2. The van der Waals surface area contributed by atoms with Gasteiger partial charge in [0.2, 0.25) is 10.0 Å². The van der Waals surface area contributed by atoms with Crippen LogP contribution in [0.15, 0.2) is 52.4 Å². The molecule has 9 nitrogen and oxygen atoms in total. The zero-order valence-electron chi connectivity index (χ0n) is 22.3. The average molecular weight is 562 g/mol. The lowest BCUT2D eigenvalue weighted by molar-refractivity contribution is -0.143. The summed E-state index contributed by atoms with van der Waals surface area (Å²) in [7, 11) is -2.11. The maximum atomic E-state index is 13.2. The number of nitrogens with zero attached hydrogens (tertiary/aromatic N) is 3. The highest BCUT2D eigenvalue weighted by atomic mass is 32.2. The molecule has 11 heteroatoms. The summed E-state index contributed by atoms with van der Waals surface area (Å²) in [5.41, 5.74) is 0.964. The summed E-state index contributed by atoms with van der Waals surface area (Å²) in [5.74, 6) is -0.343. The number of rotatable bonds is 13. The molecule has 3 aromatic rings. The number of sulfonamides is 1. The van der Waals surface area contributed by atoms with Crippen molar-refractivity contribution >= 4 is 43.5 Å². The van der Waals surface area contributed by atoms with E-state index in [4.69, 9.17) is 9.47 Å². The molecule has 1 amide bonds. The molecule has 206 valence electrons. The predicted molar refractivity (Wildman–Crippen MR) is 148 cm³/mol. The summed E-state index contributed by atoms with van der Waals surface area (Å²) in [5, 5.41) is 0. The van der Waals surface area contributed by atoms with Crippen LogP contribution in [0, 0.1) is 0 Å². The number of hydrogen-bond donors (Lipinski definition) is 0. The second-order valence-corrected chi connectivity index (χ2v) is 11.6. The highest BCUT2D eigenvalue weighted by Crippen LogP contribution is 2.24. The van der Waals surface area contributed by atoms with Crippen LogP contribution in [0.25, 0.3) is 10.2 Å². The Balaban J connectivity index is 1.95. The SMILES string of the molecule is CCCCN(CCCC)S(=O)(=O)c1ccc(C(=O)N=c2sc3cc(OC)ccc3n2CC(=O)OCC)cc1. The van der Waals surface area contributed by atoms with E-state index in [9.17, 15) is 18.0 Å². The number of carbonyl (C=O) groups excluding carboxylic acids is 2. The molecule has 0 atom stereocenters. The Kier molecular flexibility index (Phi) is 10.6. The summed E-state index contributed by atoms with van der Waals surface area (Å²) in [6.45, 7) is 6.85. The third-order valence-corrected chi connectivity index (χ3v) is 8.89. The average Bonchev–Trinajstić information content (AvgIpc) is 3.24. The number of thiazole rings is 1. The Hall–Kier alpha value is -3.02. The molecule has 0 N–H and O–H groups in total. The highest BCUT2D eigenvalue weighted by molar-refractivity contribution is 7.89. The van der Waals surface area contributed by atoms with Gasteiger partial charge in [-0.25, -0.2) is 8.42 Å². The first-order valence-electron chi connectivity index (χ1n) is 12.8.